The summed E-state index contributed by atoms with van der Waals surface area (Å²) in [5.41, 5.74) is 0.357. The van der Waals surface area contributed by atoms with Crippen molar-refractivity contribution in [1.29, 1.82) is 0 Å². The highest BCUT2D eigenvalue weighted by Crippen LogP contribution is 2.27. The van der Waals surface area contributed by atoms with Gasteiger partial charge in [-0.15, -0.1) is 0 Å². The summed E-state index contributed by atoms with van der Waals surface area (Å²) in [7, 11) is 0. The normalized spacial score (nSPS) is 29.3. The first-order chi connectivity index (χ1) is 7.86. The maximum absolute atomic E-state index is 3.57. The molecule has 0 aromatic rings. The number of rotatable bonds is 5. The highest BCUT2D eigenvalue weighted by molar-refractivity contribution is 4.86. The zero-order chi connectivity index (χ0) is 13.1. The van der Waals surface area contributed by atoms with E-state index < -0.39 is 0 Å². The summed E-state index contributed by atoms with van der Waals surface area (Å²) in [6, 6.07) is 0.585. The molecule has 1 aliphatic heterocycles. The average molecular weight is 240 g/mol. The van der Waals surface area contributed by atoms with Gasteiger partial charge in [-0.25, -0.2) is 0 Å². The molecule has 2 heteroatoms. The van der Waals surface area contributed by atoms with Crippen molar-refractivity contribution >= 4 is 0 Å². The molecule has 0 spiro atoms. The predicted octanol–water partition coefficient (Wildman–Crippen LogP) is 2.99. The van der Waals surface area contributed by atoms with Crippen molar-refractivity contribution < 1.29 is 0 Å². The Balaban J connectivity index is 2.47. The van der Waals surface area contributed by atoms with Crippen LogP contribution in [0.1, 0.15) is 48.0 Å². The summed E-state index contributed by atoms with van der Waals surface area (Å²) in [4.78, 5) is 2.67. The van der Waals surface area contributed by atoms with E-state index in [1.165, 1.54) is 26.1 Å². The lowest BCUT2D eigenvalue weighted by molar-refractivity contribution is 0.0818. The molecule has 2 nitrogen and oxygen atoms in total. The van der Waals surface area contributed by atoms with Gasteiger partial charge in [0.1, 0.15) is 0 Å². The molecule has 102 valence electrons. The summed E-state index contributed by atoms with van der Waals surface area (Å²) in [6.07, 6.45) is 1.37. The fourth-order valence-electron chi connectivity index (χ4n) is 2.79. The van der Waals surface area contributed by atoms with Gasteiger partial charge in [-0.1, -0.05) is 34.6 Å². The molecule has 1 N–H and O–H groups in total. The summed E-state index contributed by atoms with van der Waals surface area (Å²) < 4.78 is 0. The third-order valence-corrected chi connectivity index (χ3v) is 4.73. The molecule has 0 bridgehead atoms. The van der Waals surface area contributed by atoms with Crippen LogP contribution in [0.3, 0.4) is 0 Å². The molecule has 3 unspecified atom stereocenters. The van der Waals surface area contributed by atoms with Gasteiger partial charge < -0.3 is 10.2 Å². The predicted molar refractivity (Wildman–Crippen MR) is 76.3 cm³/mol. The summed E-state index contributed by atoms with van der Waals surface area (Å²) >= 11 is 0. The van der Waals surface area contributed by atoms with Crippen molar-refractivity contribution in [3.8, 4) is 0 Å². The Morgan fingerprint density at radius 1 is 1.29 bits per heavy atom. The quantitative estimate of drug-likeness (QED) is 0.795. The lowest BCUT2D eigenvalue weighted by Crippen LogP contribution is -2.49. The number of nitrogens with zero attached hydrogens (tertiary/aromatic N) is 1. The Kier molecular flexibility index (Phi) is 5.46. The minimum Gasteiger partial charge on any atom is -0.314 e. The molecule has 0 radical (unpaired) electrons. The van der Waals surface area contributed by atoms with Crippen LogP contribution in [0, 0.1) is 17.3 Å². The Bertz CT molecular complexity index is 225. The van der Waals surface area contributed by atoms with Gasteiger partial charge in [0.25, 0.3) is 0 Å². The first-order valence-electron chi connectivity index (χ1n) is 7.32. The molecule has 1 fully saturated rings. The van der Waals surface area contributed by atoms with Crippen molar-refractivity contribution in [2.75, 3.05) is 26.2 Å². The van der Waals surface area contributed by atoms with Crippen LogP contribution in [0.4, 0.5) is 0 Å². The molecule has 0 aliphatic carbocycles. The van der Waals surface area contributed by atoms with E-state index in [1.807, 2.05) is 0 Å². The highest BCUT2D eigenvalue weighted by atomic mass is 15.1. The third kappa shape index (κ3) is 4.26. The molecule has 1 rings (SSSR count). The lowest BCUT2D eigenvalue weighted by Gasteiger charge is -2.42. The van der Waals surface area contributed by atoms with Gasteiger partial charge >= 0.3 is 0 Å². The number of hydrogen-bond acceptors (Lipinski definition) is 2. The second-order valence-electron chi connectivity index (χ2n) is 6.75. The largest absolute Gasteiger partial charge is 0.314 e. The second kappa shape index (κ2) is 6.19. The van der Waals surface area contributed by atoms with Crippen LogP contribution in [0.25, 0.3) is 0 Å². The summed E-state index contributed by atoms with van der Waals surface area (Å²) in [6.45, 7) is 18.9. The van der Waals surface area contributed by atoms with Gasteiger partial charge in [0.05, 0.1) is 0 Å². The first-order valence-corrected chi connectivity index (χ1v) is 7.32. The molecule has 1 aliphatic rings. The van der Waals surface area contributed by atoms with E-state index in [2.05, 4.69) is 51.8 Å². The average Bonchev–Trinajstić information content (AvgIpc) is 2.23. The van der Waals surface area contributed by atoms with Crippen LogP contribution in [0.5, 0.6) is 0 Å². The van der Waals surface area contributed by atoms with E-state index >= 15 is 0 Å². The Hall–Kier alpha value is -0.0800. The molecular weight excluding hydrogens is 208 g/mol. The third-order valence-electron chi connectivity index (χ3n) is 4.73. The van der Waals surface area contributed by atoms with E-state index in [4.69, 9.17) is 0 Å². The smallest absolute Gasteiger partial charge is 0.0102 e. The Morgan fingerprint density at radius 2 is 1.94 bits per heavy atom. The maximum Gasteiger partial charge on any atom is 0.0102 e. The van der Waals surface area contributed by atoms with Crippen LogP contribution in [0.15, 0.2) is 0 Å². The Labute approximate surface area is 108 Å². The van der Waals surface area contributed by atoms with E-state index in [1.54, 1.807) is 0 Å². The fourth-order valence-corrected chi connectivity index (χ4v) is 2.79. The van der Waals surface area contributed by atoms with E-state index in [0.717, 1.165) is 18.4 Å². The second-order valence-corrected chi connectivity index (χ2v) is 6.75. The topological polar surface area (TPSA) is 15.3 Å². The van der Waals surface area contributed by atoms with Crippen molar-refractivity contribution in [1.82, 2.24) is 10.2 Å². The molecule has 3 atom stereocenters. The zero-order valence-electron chi connectivity index (χ0n) is 12.7. The van der Waals surface area contributed by atoms with E-state index in [0.29, 0.717) is 11.5 Å². The van der Waals surface area contributed by atoms with Crippen LogP contribution in [-0.4, -0.2) is 37.1 Å². The number of hydrogen-bond donors (Lipinski definition) is 1. The van der Waals surface area contributed by atoms with Crippen LogP contribution < -0.4 is 5.32 Å². The lowest BCUT2D eigenvalue weighted by atomic mass is 9.82. The van der Waals surface area contributed by atoms with Gasteiger partial charge in [0, 0.05) is 19.1 Å². The van der Waals surface area contributed by atoms with Crippen molar-refractivity contribution in [2.24, 2.45) is 17.3 Å². The van der Waals surface area contributed by atoms with Crippen LogP contribution >= 0.6 is 0 Å². The molecule has 0 aromatic carbocycles. The standard InChI is InChI=1S/C15H32N2/c1-7-16-14(4)15(5,6)11-17-9-8-12(2)13(3)10-17/h12-14,16H,7-11H2,1-6H3. The van der Waals surface area contributed by atoms with Gasteiger partial charge in [-0.3, -0.25) is 0 Å². The zero-order valence-corrected chi connectivity index (χ0v) is 12.7. The van der Waals surface area contributed by atoms with Crippen LogP contribution in [-0.2, 0) is 0 Å². The molecule has 0 amide bonds. The van der Waals surface area contributed by atoms with Gasteiger partial charge in [-0.2, -0.15) is 0 Å². The summed E-state index contributed by atoms with van der Waals surface area (Å²) in [5, 5.41) is 3.57. The minimum absolute atomic E-state index is 0.357. The number of piperidine rings is 1. The molecular formula is C15H32N2. The van der Waals surface area contributed by atoms with Crippen molar-refractivity contribution in [2.45, 2.75) is 54.0 Å². The SMILES string of the molecule is CCNC(C)C(C)(C)CN1CCC(C)C(C)C1. The van der Waals surface area contributed by atoms with E-state index in [9.17, 15) is 0 Å². The highest BCUT2D eigenvalue weighted by Gasteiger charge is 2.31. The molecule has 0 saturated carbocycles. The molecule has 1 heterocycles. The molecule has 17 heavy (non-hydrogen) atoms. The van der Waals surface area contributed by atoms with Gasteiger partial charge in [0.2, 0.25) is 0 Å². The number of likely N-dealkylation sites (tertiary alicyclic amines) is 1. The minimum atomic E-state index is 0.357. The maximum atomic E-state index is 3.57. The fraction of sp³-hybridized carbons (Fsp3) is 1.00. The molecule has 0 aromatic heterocycles. The first kappa shape index (κ1) is 15.0. The number of nitrogens with one attached hydrogen (secondary N) is 1. The van der Waals surface area contributed by atoms with Crippen molar-refractivity contribution in [3.05, 3.63) is 0 Å². The molecule has 1 saturated heterocycles. The van der Waals surface area contributed by atoms with Gasteiger partial charge in [-0.05, 0) is 43.7 Å². The van der Waals surface area contributed by atoms with Gasteiger partial charge in [0.15, 0.2) is 0 Å². The van der Waals surface area contributed by atoms with Crippen molar-refractivity contribution in [3.63, 3.8) is 0 Å². The summed E-state index contributed by atoms with van der Waals surface area (Å²) in [5.74, 6) is 1.76. The van der Waals surface area contributed by atoms with Crippen LogP contribution in [0.2, 0.25) is 0 Å². The monoisotopic (exact) mass is 240 g/mol. The van der Waals surface area contributed by atoms with E-state index in [-0.39, 0.29) is 0 Å². The Morgan fingerprint density at radius 3 is 2.47 bits per heavy atom.